The van der Waals surface area contributed by atoms with Gasteiger partial charge in [0, 0.05) is 5.25 Å². The van der Waals surface area contributed by atoms with Crippen molar-refractivity contribution in [2.45, 2.75) is 141 Å². The molecule has 1 N–H and O–H groups in total. The first kappa shape index (κ1) is 31.7. The average Bonchev–Trinajstić information content (AvgIpc) is 2.60. The minimum absolute atomic E-state index is 0. The summed E-state index contributed by atoms with van der Waals surface area (Å²) in [6.07, 6.45) is 18.2. The summed E-state index contributed by atoms with van der Waals surface area (Å²) in [5.74, 6) is 0. The summed E-state index contributed by atoms with van der Waals surface area (Å²) < 4.78 is 34.3. The minimum Gasteiger partial charge on any atom is -0.748 e. The first-order valence-corrected chi connectivity index (χ1v) is 13.0. The van der Waals surface area contributed by atoms with Gasteiger partial charge in [-0.1, -0.05) is 97.3 Å². The van der Waals surface area contributed by atoms with Gasteiger partial charge in [0.25, 0.3) is 0 Å². The molecule has 0 amide bonds. The SMILES string of the molecule is CCCCCCCCCCCCCCC(CCCC(O)CCC)S(=O)(=O)[O-].[K+]. The van der Waals surface area contributed by atoms with Crippen LogP contribution in [0, 0.1) is 0 Å². The molecule has 0 fully saturated rings. The molecule has 2 atom stereocenters. The predicted molar refractivity (Wildman–Crippen MR) is 114 cm³/mol. The normalized spacial score (nSPS) is 13.9. The standard InChI is InChI=1S/C22H46O4S.K/c1-3-5-6-7-8-9-10-11-12-13-14-15-19-22(27(24,25)26)20-16-18-21(23)17-4-2;/h21-23H,3-20H2,1-2H3,(H,24,25,26);/q;+1/p-1. The van der Waals surface area contributed by atoms with Gasteiger partial charge in [-0.15, -0.1) is 0 Å². The van der Waals surface area contributed by atoms with Crippen LogP contribution in [0.2, 0.25) is 0 Å². The van der Waals surface area contributed by atoms with Crippen LogP contribution >= 0.6 is 0 Å². The number of aliphatic hydroxyl groups excluding tert-OH is 1. The molecule has 2 unspecified atom stereocenters. The zero-order chi connectivity index (χ0) is 20.4. The molecule has 164 valence electrons. The number of aliphatic hydroxyl groups is 1. The van der Waals surface area contributed by atoms with Crippen molar-refractivity contribution in [3.63, 3.8) is 0 Å². The monoisotopic (exact) mass is 444 g/mol. The Morgan fingerprint density at radius 2 is 1.07 bits per heavy atom. The van der Waals surface area contributed by atoms with E-state index in [0.29, 0.717) is 25.7 Å². The summed E-state index contributed by atoms with van der Waals surface area (Å²) in [6.45, 7) is 4.26. The summed E-state index contributed by atoms with van der Waals surface area (Å²) in [7, 11) is -4.22. The van der Waals surface area contributed by atoms with E-state index in [1.54, 1.807) is 0 Å². The van der Waals surface area contributed by atoms with Gasteiger partial charge in [-0.3, -0.25) is 0 Å². The van der Waals surface area contributed by atoms with Gasteiger partial charge in [0.2, 0.25) is 0 Å². The molecule has 0 rings (SSSR count). The molecule has 0 spiro atoms. The Balaban J connectivity index is 0. The summed E-state index contributed by atoms with van der Waals surface area (Å²) in [4.78, 5) is 0. The molecule has 0 aliphatic heterocycles. The van der Waals surface area contributed by atoms with E-state index >= 15 is 0 Å². The summed E-state index contributed by atoms with van der Waals surface area (Å²) in [5, 5.41) is 8.96. The van der Waals surface area contributed by atoms with Gasteiger partial charge < -0.3 is 9.66 Å². The maximum Gasteiger partial charge on any atom is 1.00 e. The first-order chi connectivity index (χ1) is 12.9. The van der Waals surface area contributed by atoms with Gasteiger partial charge >= 0.3 is 51.4 Å². The molecule has 0 bridgehead atoms. The minimum atomic E-state index is -4.22. The van der Waals surface area contributed by atoms with Crippen LogP contribution in [0.5, 0.6) is 0 Å². The van der Waals surface area contributed by atoms with Crippen molar-refractivity contribution >= 4 is 10.1 Å². The number of hydrogen-bond donors (Lipinski definition) is 1. The van der Waals surface area contributed by atoms with E-state index < -0.39 is 15.4 Å². The molecule has 0 aliphatic carbocycles. The van der Waals surface area contributed by atoms with Crippen molar-refractivity contribution < 1.29 is 69.5 Å². The first-order valence-electron chi connectivity index (χ1n) is 11.5. The smallest absolute Gasteiger partial charge is 0.748 e. The van der Waals surface area contributed by atoms with Crippen molar-refractivity contribution in [3.8, 4) is 0 Å². The molecule has 0 heterocycles. The zero-order valence-corrected chi connectivity index (χ0v) is 22.9. The van der Waals surface area contributed by atoms with Crippen LogP contribution in [0.15, 0.2) is 0 Å². The molecule has 0 saturated heterocycles. The molecule has 6 heteroatoms. The molecule has 28 heavy (non-hydrogen) atoms. The molecular weight excluding hydrogens is 399 g/mol. The number of rotatable bonds is 20. The van der Waals surface area contributed by atoms with Gasteiger partial charge in [-0.2, -0.15) is 0 Å². The van der Waals surface area contributed by atoms with Crippen LogP contribution in [0.3, 0.4) is 0 Å². The maximum atomic E-state index is 11.4. The van der Waals surface area contributed by atoms with E-state index in [9.17, 15) is 18.1 Å². The zero-order valence-electron chi connectivity index (χ0n) is 19.0. The maximum absolute atomic E-state index is 11.4. The van der Waals surface area contributed by atoms with Crippen LogP contribution in [0.1, 0.15) is 129 Å². The fourth-order valence-electron chi connectivity index (χ4n) is 3.70. The summed E-state index contributed by atoms with van der Waals surface area (Å²) in [6, 6.07) is 0. The van der Waals surface area contributed by atoms with E-state index in [0.717, 1.165) is 32.1 Å². The second-order valence-electron chi connectivity index (χ2n) is 8.17. The van der Waals surface area contributed by atoms with Crippen LogP contribution in [-0.4, -0.2) is 29.4 Å². The molecule has 0 aromatic carbocycles. The Labute approximate surface area is 218 Å². The van der Waals surface area contributed by atoms with E-state index in [2.05, 4.69) is 6.92 Å². The van der Waals surface area contributed by atoms with Gasteiger partial charge in [0.1, 0.15) is 0 Å². The quantitative estimate of drug-likeness (QED) is 0.177. The Bertz CT molecular complexity index is 415. The third-order valence-electron chi connectivity index (χ3n) is 5.47. The van der Waals surface area contributed by atoms with Crippen LogP contribution in [0.4, 0.5) is 0 Å². The van der Waals surface area contributed by atoms with Crippen molar-refractivity contribution in [1.82, 2.24) is 0 Å². The van der Waals surface area contributed by atoms with Crippen LogP contribution < -0.4 is 51.4 Å². The second-order valence-corrected chi connectivity index (χ2v) is 9.82. The van der Waals surface area contributed by atoms with Gasteiger partial charge in [0.05, 0.1) is 16.2 Å². The Morgan fingerprint density at radius 3 is 1.50 bits per heavy atom. The Hall–Kier alpha value is 1.51. The predicted octanol–water partition coefficient (Wildman–Crippen LogP) is 3.33. The van der Waals surface area contributed by atoms with Gasteiger partial charge in [0.15, 0.2) is 0 Å². The Morgan fingerprint density at radius 1 is 0.643 bits per heavy atom. The third-order valence-corrected chi connectivity index (χ3v) is 6.76. The van der Waals surface area contributed by atoms with E-state index in [1.165, 1.54) is 57.8 Å². The second kappa shape index (κ2) is 21.7. The Kier molecular flexibility index (Phi) is 24.6. The van der Waals surface area contributed by atoms with Crippen LogP contribution in [-0.2, 0) is 10.1 Å². The molecule has 4 nitrogen and oxygen atoms in total. The molecule has 0 radical (unpaired) electrons. The molecular formula is C22H45KO4S. The fraction of sp³-hybridized carbons (Fsp3) is 1.00. The van der Waals surface area contributed by atoms with Gasteiger partial charge in [-0.05, 0) is 32.1 Å². The van der Waals surface area contributed by atoms with Crippen molar-refractivity contribution in [2.24, 2.45) is 0 Å². The van der Waals surface area contributed by atoms with Gasteiger partial charge in [-0.25, -0.2) is 8.42 Å². The molecule has 0 aliphatic rings. The topological polar surface area (TPSA) is 77.4 Å². The summed E-state index contributed by atoms with van der Waals surface area (Å²) >= 11 is 0. The van der Waals surface area contributed by atoms with Crippen molar-refractivity contribution in [3.05, 3.63) is 0 Å². The van der Waals surface area contributed by atoms with Crippen LogP contribution in [0.25, 0.3) is 0 Å². The molecule has 0 aromatic heterocycles. The number of hydrogen-bond acceptors (Lipinski definition) is 4. The number of unbranched alkanes of at least 4 members (excludes halogenated alkanes) is 11. The van der Waals surface area contributed by atoms with E-state index in [1.807, 2.05) is 6.92 Å². The third kappa shape index (κ3) is 20.8. The molecule has 0 saturated carbocycles. The average molecular weight is 445 g/mol. The van der Waals surface area contributed by atoms with Crippen molar-refractivity contribution in [2.75, 3.05) is 0 Å². The van der Waals surface area contributed by atoms with E-state index in [-0.39, 0.29) is 57.5 Å². The van der Waals surface area contributed by atoms with E-state index in [4.69, 9.17) is 0 Å². The summed E-state index contributed by atoms with van der Waals surface area (Å²) in [5.41, 5.74) is 0. The largest absolute Gasteiger partial charge is 1.00 e. The fourth-order valence-corrected chi connectivity index (χ4v) is 4.62. The van der Waals surface area contributed by atoms with Crippen molar-refractivity contribution in [1.29, 1.82) is 0 Å². The molecule has 0 aromatic rings.